The van der Waals surface area contributed by atoms with E-state index in [1.54, 1.807) is 16.7 Å². The summed E-state index contributed by atoms with van der Waals surface area (Å²) in [5, 5.41) is 3.33. The van der Waals surface area contributed by atoms with Crippen LogP contribution in [0.3, 0.4) is 0 Å². The number of nitrogens with zero attached hydrogens (tertiary/aromatic N) is 2. The molecule has 0 spiro atoms. The van der Waals surface area contributed by atoms with Crippen LogP contribution in [0.1, 0.15) is 5.69 Å². The first kappa shape index (κ1) is 19.9. The van der Waals surface area contributed by atoms with Crippen LogP contribution in [-0.4, -0.2) is 35.1 Å². The molecule has 0 radical (unpaired) electrons. The molecule has 1 atom stereocenters. The Morgan fingerprint density at radius 3 is 2.86 bits per heavy atom. The molecule has 6 nitrogen and oxygen atoms in total. The highest BCUT2D eigenvalue weighted by Gasteiger charge is 2.13. The fraction of sp³-hybridized carbons (Fsp3) is 0.333. The molecule has 2 rings (SSSR count). The maximum atomic E-state index is 11.6. The minimum atomic E-state index is -0.670. The van der Waals surface area contributed by atoms with Crippen LogP contribution in [0.4, 0.5) is 0 Å². The zero-order valence-electron chi connectivity index (χ0n) is 11.3. The number of nitrogens with one attached hydrogen (secondary N) is 1. The van der Waals surface area contributed by atoms with Crippen molar-refractivity contribution in [1.82, 2.24) is 14.7 Å². The highest BCUT2D eigenvalue weighted by molar-refractivity contribution is 6.30. The minimum Gasteiger partial charge on any atom is -0.383 e. The van der Waals surface area contributed by atoms with E-state index < -0.39 is 6.04 Å². The Bertz CT molecular complexity index is 591. The lowest BCUT2D eigenvalue weighted by molar-refractivity contribution is -0.123. The Labute approximate surface area is 139 Å². The van der Waals surface area contributed by atoms with Crippen molar-refractivity contribution in [3.05, 3.63) is 35.2 Å². The van der Waals surface area contributed by atoms with Crippen LogP contribution in [-0.2, 0) is 16.1 Å². The van der Waals surface area contributed by atoms with Crippen molar-refractivity contribution in [3.8, 4) is 0 Å². The highest BCUT2D eigenvalue weighted by atomic mass is 35.5. The minimum absolute atomic E-state index is 0. The summed E-state index contributed by atoms with van der Waals surface area (Å²) in [4.78, 5) is 16.0. The van der Waals surface area contributed by atoms with E-state index in [9.17, 15) is 4.79 Å². The number of amides is 1. The second-order valence-electron chi connectivity index (χ2n) is 4.12. The van der Waals surface area contributed by atoms with Crippen molar-refractivity contribution in [1.29, 1.82) is 0 Å². The van der Waals surface area contributed by atoms with Crippen LogP contribution in [0.2, 0.25) is 5.02 Å². The second kappa shape index (κ2) is 9.07. The molecule has 0 saturated heterocycles. The van der Waals surface area contributed by atoms with Gasteiger partial charge in [-0.05, 0) is 12.1 Å². The van der Waals surface area contributed by atoms with Gasteiger partial charge in [-0.25, -0.2) is 4.98 Å². The van der Waals surface area contributed by atoms with Gasteiger partial charge in [0.2, 0.25) is 5.91 Å². The van der Waals surface area contributed by atoms with Crippen molar-refractivity contribution in [2.75, 3.05) is 13.7 Å². The molecular formula is C12H17Cl3N4O2. The fourth-order valence-corrected chi connectivity index (χ4v) is 1.83. The predicted molar refractivity (Wildman–Crippen MR) is 86.4 cm³/mol. The molecule has 2 aromatic rings. The number of carbonyl (C=O) groups is 1. The number of hydrogen-bond donors (Lipinski definition) is 2. The van der Waals surface area contributed by atoms with Gasteiger partial charge in [0.25, 0.3) is 0 Å². The average molecular weight is 356 g/mol. The van der Waals surface area contributed by atoms with Gasteiger partial charge >= 0.3 is 0 Å². The van der Waals surface area contributed by atoms with E-state index >= 15 is 0 Å². The summed E-state index contributed by atoms with van der Waals surface area (Å²) >= 11 is 5.88. The average Bonchev–Trinajstić information content (AvgIpc) is 2.78. The maximum absolute atomic E-state index is 11.6. The van der Waals surface area contributed by atoms with E-state index in [4.69, 9.17) is 22.1 Å². The molecule has 2 aromatic heterocycles. The Morgan fingerprint density at radius 2 is 2.19 bits per heavy atom. The summed E-state index contributed by atoms with van der Waals surface area (Å²) in [6, 6.07) is 2.90. The van der Waals surface area contributed by atoms with E-state index in [2.05, 4.69) is 10.3 Å². The largest absolute Gasteiger partial charge is 0.383 e. The number of carbonyl (C=O) groups excluding carboxylic acids is 1. The monoisotopic (exact) mass is 354 g/mol. The first-order valence-electron chi connectivity index (χ1n) is 5.75. The van der Waals surface area contributed by atoms with Crippen molar-refractivity contribution in [2.24, 2.45) is 5.73 Å². The molecule has 0 fully saturated rings. The lowest BCUT2D eigenvalue weighted by Gasteiger charge is -2.09. The zero-order valence-corrected chi connectivity index (χ0v) is 13.7. The van der Waals surface area contributed by atoms with Crippen molar-refractivity contribution in [3.63, 3.8) is 0 Å². The maximum Gasteiger partial charge on any atom is 0.239 e. The van der Waals surface area contributed by atoms with E-state index in [1.165, 1.54) is 7.11 Å². The Morgan fingerprint density at radius 1 is 1.48 bits per heavy atom. The van der Waals surface area contributed by atoms with Gasteiger partial charge < -0.3 is 20.2 Å². The first-order valence-corrected chi connectivity index (χ1v) is 6.13. The third-order valence-corrected chi connectivity index (χ3v) is 2.82. The first-order chi connectivity index (χ1) is 9.10. The predicted octanol–water partition coefficient (Wildman–Crippen LogP) is 1.42. The number of aromatic nitrogens is 2. The second-order valence-corrected chi connectivity index (χ2v) is 4.56. The molecular weight excluding hydrogens is 339 g/mol. The number of rotatable bonds is 5. The SMILES string of the molecule is COCC(N)C(=O)NCc1cn2cc(Cl)ccc2n1.Cl.Cl. The summed E-state index contributed by atoms with van der Waals surface area (Å²) in [7, 11) is 1.50. The van der Waals surface area contributed by atoms with Gasteiger partial charge in [-0.3, -0.25) is 4.79 Å². The molecule has 3 N–H and O–H groups in total. The molecule has 1 unspecified atom stereocenters. The summed E-state index contributed by atoms with van der Waals surface area (Å²) in [6.45, 7) is 0.502. The van der Waals surface area contributed by atoms with Crippen LogP contribution in [0.15, 0.2) is 24.5 Å². The van der Waals surface area contributed by atoms with E-state index in [0.29, 0.717) is 11.6 Å². The summed E-state index contributed by atoms with van der Waals surface area (Å²) in [5.74, 6) is -0.267. The lowest BCUT2D eigenvalue weighted by Crippen LogP contribution is -2.43. The number of imidazole rings is 1. The molecule has 9 heteroatoms. The fourth-order valence-electron chi connectivity index (χ4n) is 1.67. The molecule has 0 saturated carbocycles. The summed E-state index contributed by atoms with van der Waals surface area (Å²) in [6.07, 6.45) is 3.56. The number of methoxy groups -OCH3 is 1. The van der Waals surface area contributed by atoms with E-state index in [0.717, 1.165) is 11.3 Å². The summed E-state index contributed by atoms with van der Waals surface area (Å²) < 4.78 is 6.62. The molecule has 0 bridgehead atoms. The molecule has 118 valence electrons. The number of fused-ring (bicyclic) bond motifs is 1. The van der Waals surface area contributed by atoms with Gasteiger partial charge in [0.15, 0.2) is 0 Å². The van der Waals surface area contributed by atoms with Crippen LogP contribution >= 0.6 is 36.4 Å². The smallest absolute Gasteiger partial charge is 0.239 e. The normalized spacial score (nSPS) is 11.4. The van der Waals surface area contributed by atoms with Gasteiger partial charge in [-0.1, -0.05) is 11.6 Å². The zero-order chi connectivity index (χ0) is 13.8. The van der Waals surface area contributed by atoms with Gasteiger partial charge in [0.1, 0.15) is 11.7 Å². The van der Waals surface area contributed by atoms with Crippen molar-refractivity contribution >= 4 is 48.0 Å². The number of nitrogens with two attached hydrogens (primary N) is 1. The Kier molecular flexibility index (Phi) is 8.61. The van der Waals surface area contributed by atoms with Gasteiger partial charge in [0, 0.05) is 19.5 Å². The molecule has 1 amide bonds. The molecule has 2 heterocycles. The van der Waals surface area contributed by atoms with Crippen molar-refractivity contribution in [2.45, 2.75) is 12.6 Å². The van der Waals surface area contributed by atoms with Crippen LogP contribution < -0.4 is 11.1 Å². The Hall–Kier alpha value is -1.05. The van der Waals surface area contributed by atoms with Crippen molar-refractivity contribution < 1.29 is 9.53 Å². The van der Waals surface area contributed by atoms with E-state index in [-0.39, 0.29) is 37.3 Å². The highest BCUT2D eigenvalue weighted by Crippen LogP contribution is 2.11. The molecule has 0 aliphatic carbocycles. The third kappa shape index (κ3) is 5.33. The standard InChI is InChI=1S/C12H15ClN4O2.2ClH/c1-19-7-10(14)12(18)15-4-9-6-17-5-8(13)2-3-11(17)16-9;;/h2-3,5-6,10H,4,7,14H2,1H3,(H,15,18);2*1H. The van der Waals surface area contributed by atoms with Crippen LogP contribution in [0, 0.1) is 0 Å². The molecule has 0 aromatic carbocycles. The summed E-state index contributed by atoms with van der Waals surface area (Å²) in [5.41, 5.74) is 7.12. The topological polar surface area (TPSA) is 81.6 Å². The van der Waals surface area contributed by atoms with Gasteiger partial charge in [-0.15, -0.1) is 24.8 Å². The molecule has 0 aliphatic rings. The Balaban J connectivity index is 0.00000200. The molecule has 21 heavy (non-hydrogen) atoms. The quantitative estimate of drug-likeness (QED) is 0.850. The lowest BCUT2D eigenvalue weighted by atomic mass is 10.3. The van der Waals surface area contributed by atoms with Gasteiger partial charge in [0.05, 0.1) is 23.9 Å². The number of ether oxygens (including phenoxy) is 1. The van der Waals surface area contributed by atoms with Crippen LogP contribution in [0.25, 0.3) is 5.65 Å². The van der Waals surface area contributed by atoms with Crippen LogP contribution in [0.5, 0.6) is 0 Å². The number of hydrogen-bond acceptors (Lipinski definition) is 4. The molecule has 0 aliphatic heterocycles. The van der Waals surface area contributed by atoms with Gasteiger partial charge in [-0.2, -0.15) is 0 Å². The number of pyridine rings is 1. The third-order valence-electron chi connectivity index (χ3n) is 2.59. The number of halogens is 3. The van der Waals surface area contributed by atoms with E-state index in [1.807, 2.05) is 12.3 Å².